The predicted molar refractivity (Wildman–Crippen MR) is 70.6 cm³/mol. The number of carbonyl (C=O) groups is 1. The van der Waals surface area contributed by atoms with Gasteiger partial charge in [-0.1, -0.05) is 29.8 Å². The van der Waals surface area contributed by atoms with Crippen molar-refractivity contribution in [2.75, 3.05) is 0 Å². The number of hydrogen-bond donors (Lipinski definition) is 0. The van der Waals surface area contributed by atoms with Gasteiger partial charge in [-0.05, 0) is 36.2 Å². The maximum absolute atomic E-state index is 13.7. The Morgan fingerprint density at radius 2 is 1.68 bits per heavy atom. The highest BCUT2D eigenvalue weighted by Crippen LogP contribution is 2.18. The molecule has 0 saturated carbocycles. The standard InChI is InChI=1S/C15H11ClF2O/c1-9-2-7-12(15(18)14(9)17)13(19)8-10-3-5-11(16)6-4-10/h2-7H,8H2,1H3. The Balaban J connectivity index is 2.25. The van der Waals surface area contributed by atoms with Crippen molar-refractivity contribution in [3.05, 3.63) is 69.7 Å². The molecule has 0 aliphatic carbocycles. The molecule has 19 heavy (non-hydrogen) atoms. The summed E-state index contributed by atoms with van der Waals surface area (Å²) in [5.74, 6) is -2.51. The zero-order valence-corrected chi connectivity index (χ0v) is 11.0. The van der Waals surface area contributed by atoms with Crippen molar-refractivity contribution in [1.82, 2.24) is 0 Å². The van der Waals surface area contributed by atoms with Crippen LogP contribution < -0.4 is 0 Å². The van der Waals surface area contributed by atoms with Crippen LogP contribution in [0, 0.1) is 18.6 Å². The molecule has 0 saturated heterocycles. The fourth-order valence-electron chi connectivity index (χ4n) is 1.74. The van der Waals surface area contributed by atoms with E-state index in [1.165, 1.54) is 19.1 Å². The fraction of sp³-hybridized carbons (Fsp3) is 0.133. The molecule has 2 aromatic carbocycles. The average molecular weight is 281 g/mol. The van der Waals surface area contributed by atoms with Crippen molar-refractivity contribution < 1.29 is 13.6 Å². The van der Waals surface area contributed by atoms with E-state index in [1.807, 2.05) is 0 Å². The molecule has 0 aliphatic rings. The molecule has 0 aromatic heterocycles. The Bertz CT molecular complexity index is 621. The first-order valence-electron chi connectivity index (χ1n) is 5.71. The molecule has 0 aliphatic heterocycles. The van der Waals surface area contributed by atoms with Crippen LogP contribution in [0.4, 0.5) is 8.78 Å². The van der Waals surface area contributed by atoms with Crippen molar-refractivity contribution >= 4 is 17.4 Å². The summed E-state index contributed by atoms with van der Waals surface area (Å²) in [6.45, 7) is 1.45. The van der Waals surface area contributed by atoms with E-state index >= 15 is 0 Å². The summed E-state index contributed by atoms with van der Waals surface area (Å²) < 4.78 is 27.1. The number of aryl methyl sites for hydroxylation is 1. The molecular formula is C15H11ClF2O. The number of Topliss-reactive ketones (excluding diaryl/α,β-unsaturated/α-hetero) is 1. The molecule has 98 valence electrons. The molecule has 0 heterocycles. The average Bonchev–Trinajstić information content (AvgIpc) is 2.39. The molecule has 0 radical (unpaired) electrons. The quantitative estimate of drug-likeness (QED) is 0.764. The van der Waals surface area contributed by atoms with Gasteiger partial charge in [-0.25, -0.2) is 8.78 Å². The van der Waals surface area contributed by atoms with Crippen molar-refractivity contribution in [3.8, 4) is 0 Å². The first kappa shape index (κ1) is 13.7. The van der Waals surface area contributed by atoms with Gasteiger partial charge in [0.2, 0.25) is 0 Å². The normalized spacial score (nSPS) is 10.5. The molecule has 2 rings (SSSR count). The van der Waals surface area contributed by atoms with Gasteiger partial charge >= 0.3 is 0 Å². The molecule has 0 bridgehead atoms. The Labute approximate surface area is 114 Å². The summed E-state index contributed by atoms with van der Waals surface area (Å²) in [5, 5.41) is 0.559. The van der Waals surface area contributed by atoms with Crippen molar-refractivity contribution in [2.45, 2.75) is 13.3 Å². The van der Waals surface area contributed by atoms with E-state index in [4.69, 9.17) is 11.6 Å². The molecule has 0 atom stereocenters. The molecule has 0 fully saturated rings. The van der Waals surface area contributed by atoms with Gasteiger partial charge in [-0.2, -0.15) is 0 Å². The Morgan fingerprint density at radius 3 is 2.32 bits per heavy atom. The largest absolute Gasteiger partial charge is 0.294 e. The second kappa shape index (κ2) is 5.49. The van der Waals surface area contributed by atoms with E-state index in [-0.39, 0.29) is 17.5 Å². The lowest BCUT2D eigenvalue weighted by Crippen LogP contribution is -2.08. The van der Waals surface area contributed by atoms with Crippen LogP contribution in [0.3, 0.4) is 0 Å². The van der Waals surface area contributed by atoms with Gasteiger partial charge in [-0.15, -0.1) is 0 Å². The Kier molecular flexibility index (Phi) is 3.96. The van der Waals surface area contributed by atoms with Crippen LogP contribution in [0.25, 0.3) is 0 Å². The van der Waals surface area contributed by atoms with Gasteiger partial charge in [-0.3, -0.25) is 4.79 Å². The second-order valence-corrected chi connectivity index (χ2v) is 4.72. The van der Waals surface area contributed by atoms with E-state index in [0.717, 1.165) is 0 Å². The van der Waals surface area contributed by atoms with Gasteiger partial charge in [0.1, 0.15) is 0 Å². The lowest BCUT2D eigenvalue weighted by atomic mass is 10.0. The Morgan fingerprint density at radius 1 is 1.05 bits per heavy atom. The number of benzene rings is 2. The number of carbonyl (C=O) groups excluding carboxylic acids is 1. The van der Waals surface area contributed by atoms with Crippen LogP contribution in [0.15, 0.2) is 36.4 Å². The van der Waals surface area contributed by atoms with Crippen molar-refractivity contribution in [2.24, 2.45) is 0 Å². The lowest BCUT2D eigenvalue weighted by molar-refractivity contribution is 0.0988. The molecule has 4 heteroatoms. The van der Waals surface area contributed by atoms with Gasteiger partial charge in [0.25, 0.3) is 0 Å². The maximum atomic E-state index is 13.7. The summed E-state index contributed by atoms with van der Waals surface area (Å²) in [7, 11) is 0. The summed E-state index contributed by atoms with van der Waals surface area (Å²) in [5.41, 5.74) is 0.661. The van der Waals surface area contributed by atoms with Crippen molar-refractivity contribution in [1.29, 1.82) is 0 Å². The number of ketones is 1. The third-order valence-corrected chi connectivity index (χ3v) is 3.11. The van der Waals surface area contributed by atoms with E-state index in [9.17, 15) is 13.6 Å². The third-order valence-electron chi connectivity index (χ3n) is 2.85. The topological polar surface area (TPSA) is 17.1 Å². The molecule has 0 spiro atoms. The zero-order valence-electron chi connectivity index (χ0n) is 10.2. The first-order valence-corrected chi connectivity index (χ1v) is 6.09. The van der Waals surface area contributed by atoms with Gasteiger partial charge in [0.05, 0.1) is 5.56 Å². The summed E-state index contributed by atoms with van der Waals surface area (Å²) in [6, 6.07) is 9.37. The summed E-state index contributed by atoms with van der Waals surface area (Å²) in [4.78, 5) is 11.9. The van der Waals surface area contributed by atoms with Gasteiger partial charge in [0, 0.05) is 11.4 Å². The fourth-order valence-corrected chi connectivity index (χ4v) is 1.87. The van der Waals surface area contributed by atoms with Crippen LogP contribution in [0.1, 0.15) is 21.5 Å². The number of rotatable bonds is 3. The van der Waals surface area contributed by atoms with Gasteiger partial charge in [0.15, 0.2) is 17.4 Å². The summed E-state index contributed by atoms with van der Waals surface area (Å²) in [6.07, 6.45) is 0.0105. The smallest absolute Gasteiger partial charge is 0.170 e. The van der Waals surface area contributed by atoms with Crippen LogP contribution in [0.5, 0.6) is 0 Å². The minimum atomic E-state index is -1.08. The van der Waals surface area contributed by atoms with Crippen LogP contribution in [-0.2, 0) is 6.42 Å². The lowest BCUT2D eigenvalue weighted by Gasteiger charge is -2.05. The third kappa shape index (κ3) is 2.99. The van der Waals surface area contributed by atoms with E-state index < -0.39 is 17.4 Å². The molecule has 0 amide bonds. The molecule has 0 N–H and O–H groups in total. The molecule has 2 aromatic rings. The number of hydrogen-bond acceptors (Lipinski definition) is 1. The predicted octanol–water partition coefficient (Wildman–Crippen LogP) is 4.35. The van der Waals surface area contributed by atoms with Crippen LogP contribution in [-0.4, -0.2) is 5.78 Å². The van der Waals surface area contributed by atoms with Crippen LogP contribution >= 0.6 is 11.6 Å². The summed E-state index contributed by atoms with van der Waals surface area (Å²) >= 11 is 5.73. The monoisotopic (exact) mass is 280 g/mol. The highest BCUT2D eigenvalue weighted by molar-refractivity contribution is 6.30. The van der Waals surface area contributed by atoms with E-state index in [2.05, 4.69) is 0 Å². The highest BCUT2D eigenvalue weighted by atomic mass is 35.5. The minimum absolute atomic E-state index is 0.0105. The van der Waals surface area contributed by atoms with Crippen molar-refractivity contribution in [3.63, 3.8) is 0 Å². The first-order chi connectivity index (χ1) is 8.99. The molecule has 0 unspecified atom stereocenters. The van der Waals surface area contributed by atoms with Gasteiger partial charge < -0.3 is 0 Å². The molecule has 1 nitrogen and oxygen atoms in total. The number of halogens is 3. The second-order valence-electron chi connectivity index (χ2n) is 4.28. The van der Waals surface area contributed by atoms with Crippen LogP contribution in [0.2, 0.25) is 5.02 Å². The van der Waals surface area contributed by atoms with E-state index in [0.29, 0.717) is 10.6 Å². The van der Waals surface area contributed by atoms with E-state index in [1.54, 1.807) is 24.3 Å². The highest BCUT2D eigenvalue weighted by Gasteiger charge is 2.17. The SMILES string of the molecule is Cc1ccc(C(=O)Cc2ccc(Cl)cc2)c(F)c1F. The Hall–Kier alpha value is -1.74. The maximum Gasteiger partial charge on any atom is 0.170 e. The minimum Gasteiger partial charge on any atom is -0.294 e. The zero-order chi connectivity index (χ0) is 14.0. The molecular weight excluding hydrogens is 270 g/mol.